The molecule has 1 aromatic heterocycles. The van der Waals surface area contributed by atoms with Gasteiger partial charge in [0.1, 0.15) is 5.82 Å². The third kappa shape index (κ3) is 5.88. The summed E-state index contributed by atoms with van der Waals surface area (Å²) in [6.45, 7) is 5.20. The second-order valence-electron chi connectivity index (χ2n) is 11.4. The highest BCUT2D eigenvalue weighted by atomic mass is 16.5. The molecular weight excluding hydrogens is 532 g/mol. The molecule has 6 rings (SSSR count). The van der Waals surface area contributed by atoms with Gasteiger partial charge in [-0.3, -0.25) is 9.59 Å². The maximum atomic E-state index is 14.1. The van der Waals surface area contributed by atoms with Gasteiger partial charge in [-0.25, -0.2) is 4.98 Å². The van der Waals surface area contributed by atoms with Gasteiger partial charge in [-0.2, -0.15) is 0 Å². The molecule has 2 aromatic carbocycles. The summed E-state index contributed by atoms with van der Waals surface area (Å²) in [5.74, 6) is 2.12. The maximum Gasteiger partial charge on any atom is 0.254 e. The zero-order chi connectivity index (χ0) is 29.1. The zero-order valence-corrected chi connectivity index (χ0v) is 24.7. The number of benzene rings is 2. The van der Waals surface area contributed by atoms with Gasteiger partial charge < -0.3 is 28.9 Å². The molecule has 0 N–H and O–H groups in total. The number of rotatable bonds is 10. The summed E-state index contributed by atoms with van der Waals surface area (Å²) in [5, 5.41) is 1.11. The Balaban J connectivity index is 1.34. The number of fused-ring (bicyclic) bond motifs is 2. The van der Waals surface area contributed by atoms with Crippen LogP contribution >= 0.6 is 0 Å². The van der Waals surface area contributed by atoms with Gasteiger partial charge in [0.2, 0.25) is 5.91 Å². The van der Waals surface area contributed by atoms with Crippen LogP contribution in [0.4, 0.5) is 5.82 Å². The number of morpholine rings is 1. The molecule has 0 atom stereocenters. The topological polar surface area (TPSA) is 84.4 Å². The van der Waals surface area contributed by atoms with Gasteiger partial charge in [0, 0.05) is 62.2 Å². The number of hydrogen-bond donors (Lipinski definition) is 0. The van der Waals surface area contributed by atoms with Gasteiger partial charge in [0.15, 0.2) is 11.5 Å². The monoisotopic (exact) mass is 572 g/mol. The number of nitrogens with zero attached hydrogens (tertiary/aromatic N) is 4. The fourth-order valence-electron chi connectivity index (χ4n) is 6.45. The standard InChI is InChI=1S/C33H40N4O5/c1-40-29-10-9-25(21-30(29)41-2)33(39)37(13-5-12-35-11-4-8-31(35)38)22-27-19-26-18-23-6-3-7-24(23)20-28(26)34-32(27)36-14-16-42-17-15-36/h9-10,18-21H,3-8,11-17,22H2,1-2H3. The van der Waals surface area contributed by atoms with Crippen molar-refractivity contribution in [3.05, 3.63) is 58.7 Å². The number of hydrogen-bond acceptors (Lipinski definition) is 7. The predicted molar refractivity (Wildman–Crippen MR) is 162 cm³/mol. The van der Waals surface area contributed by atoms with Crippen LogP contribution in [0.25, 0.3) is 10.9 Å². The molecule has 0 radical (unpaired) electrons. The maximum absolute atomic E-state index is 14.1. The first-order valence-corrected chi connectivity index (χ1v) is 15.1. The fraction of sp³-hybridized carbons (Fsp3) is 0.485. The van der Waals surface area contributed by atoms with Crippen LogP contribution in [0.15, 0.2) is 36.4 Å². The van der Waals surface area contributed by atoms with Crippen LogP contribution in [0.1, 0.15) is 52.7 Å². The Morgan fingerprint density at radius 2 is 1.74 bits per heavy atom. The summed E-state index contributed by atoms with van der Waals surface area (Å²) in [6, 6.07) is 12.1. The summed E-state index contributed by atoms with van der Waals surface area (Å²) in [4.78, 5) is 37.7. The van der Waals surface area contributed by atoms with Crippen molar-refractivity contribution < 1.29 is 23.8 Å². The van der Waals surface area contributed by atoms with Crippen molar-refractivity contribution in [2.45, 2.75) is 45.1 Å². The number of aromatic nitrogens is 1. The lowest BCUT2D eigenvalue weighted by Crippen LogP contribution is -2.39. The number of methoxy groups -OCH3 is 2. The van der Waals surface area contributed by atoms with Crippen LogP contribution in [0.5, 0.6) is 11.5 Å². The van der Waals surface area contributed by atoms with E-state index in [1.54, 1.807) is 32.4 Å². The molecule has 42 heavy (non-hydrogen) atoms. The molecule has 222 valence electrons. The SMILES string of the molecule is COc1ccc(C(=O)N(CCCN2CCCC2=O)Cc2cc3cc4c(cc3nc2N2CCOCC2)CCC4)cc1OC. The Bertz CT molecular complexity index is 1470. The average Bonchev–Trinajstić information content (AvgIpc) is 3.66. The van der Waals surface area contributed by atoms with Crippen molar-refractivity contribution in [2.75, 3.05) is 65.1 Å². The molecule has 0 spiro atoms. The van der Waals surface area contributed by atoms with Crippen molar-refractivity contribution in [1.82, 2.24) is 14.8 Å². The van der Waals surface area contributed by atoms with Gasteiger partial charge in [-0.15, -0.1) is 0 Å². The Labute approximate surface area is 247 Å². The number of amides is 2. The lowest BCUT2D eigenvalue weighted by Gasteiger charge is -2.32. The molecule has 3 heterocycles. The molecule has 0 saturated carbocycles. The van der Waals surface area contributed by atoms with Gasteiger partial charge in [0.25, 0.3) is 5.91 Å². The number of carbonyl (C=O) groups is 2. The molecular formula is C33H40N4O5. The Morgan fingerprint density at radius 3 is 2.48 bits per heavy atom. The number of ether oxygens (including phenoxy) is 3. The van der Waals surface area contributed by atoms with E-state index in [1.807, 2.05) is 9.80 Å². The Morgan fingerprint density at radius 1 is 0.952 bits per heavy atom. The van der Waals surface area contributed by atoms with Crippen LogP contribution in [-0.4, -0.2) is 86.8 Å². The molecule has 3 aliphatic rings. The van der Waals surface area contributed by atoms with E-state index in [0.717, 1.165) is 61.2 Å². The number of carbonyl (C=O) groups excluding carboxylic acids is 2. The third-order valence-corrected chi connectivity index (χ3v) is 8.70. The van der Waals surface area contributed by atoms with Crippen LogP contribution in [-0.2, 0) is 28.9 Å². The molecule has 3 aromatic rings. The van der Waals surface area contributed by atoms with E-state index in [4.69, 9.17) is 19.2 Å². The molecule has 1 aliphatic carbocycles. The summed E-state index contributed by atoms with van der Waals surface area (Å²) in [5.41, 5.74) is 5.37. The van der Waals surface area contributed by atoms with E-state index in [2.05, 4.69) is 23.1 Å². The largest absolute Gasteiger partial charge is 0.493 e. The van der Waals surface area contributed by atoms with Crippen molar-refractivity contribution in [3.63, 3.8) is 0 Å². The highest BCUT2D eigenvalue weighted by Crippen LogP contribution is 2.32. The normalized spacial score (nSPS) is 16.7. The lowest BCUT2D eigenvalue weighted by atomic mass is 10.0. The van der Waals surface area contributed by atoms with Crippen molar-refractivity contribution in [2.24, 2.45) is 0 Å². The summed E-state index contributed by atoms with van der Waals surface area (Å²) < 4.78 is 16.6. The van der Waals surface area contributed by atoms with Gasteiger partial charge >= 0.3 is 0 Å². The van der Waals surface area contributed by atoms with Crippen LogP contribution in [0, 0.1) is 0 Å². The van der Waals surface area contributed by atoms with E-state index >= 15 is 0 Å². The minimum Gasteiger partial charge on any atom is -0.493 e. The van der Waals surface area contributed by atoms with Crippen LogP contribution in [0.2, 0.25) is 0 Å². The summed E-state index contributed by atoms with van der Waals surface area (Å²) in [6.07, 6.45) is 5.61. The van der Waals surface area contributed by atoms with Crippen LogP contribution < -0.4 is 14.4 Å². The molecule has 2 fully saturated rings. The highest BCUT2D eigenvalue weighted by Gasteiger charge is 2.25. The number of pyridine rings is 1. The second-order valence-corrected chi connectivity index (χ2v) is 11.4. The van der Waals surface area contributed by atoms with Crippen molar-refractivity contribution >= 4 is 28.5 Å². The molecule has 2 amide bonds. The first kappa shape index (κ1) is 28.3. The van der Waals surface area contributed by atoms with Gasteiger partial charge in [-0.1, -0.05) is 0 Å². The molecule has 9 heteroatoms. The highest BCUT2D eigenvalue weighted by molar-refractivity contribution is 5.95. The smallest absolute Gasteiger partial charge is 0.254 e. The third-order valence-electron chi connectivity index (χ3n) is 8.70. The minimum atomic E-state index is -0.0920. The summed E-state index contributed by atoms with van der Waals surface area (Å²) in [7, 11) is 3.16. The fourth-order valence-corrected chi connectivity index (χ4v) is 6.45. The minimum absolute atomic E-state index is 0.0920. The molecule has 2 saturated heterocycles. The molecule has 0 unspecified atom stereocenters. The molecule has 2 aliphatic heterocycles. The van der Waals surface area contributed by atoms with E-state index < -0.39 is 0 Å². The van der Waals surface area contributed by atoms with Crippen molar-refractivity contribution in [3.8, 4) is 11.5 Å². The molecule has 0 bridgehead atoms. The predicted octanol–water partition coefficient (Wildman–Crippen LogP) is 4.23. The number of likely N-dealkylation sites (tertiary alicyclic amines) is 1. The number of aryl methyl sites for hydroxylation is 2. The Hall–Kier alpha value is -3.85. The van der Waals surface area contributed by atoms with E-state index in [1.165, 1.54) is 17.5 Å². The van der Waals surface area contributed by atoms with Crippen molar-refractivity contribution in [1.29, 1.82) is 0 Å². The van der Waals surface area contributed by atoms with Crippen LogP contribution in [0.3, 0.4) is 0 Å². The zero-order valence-electron chi connectivity index (χ0n) is 24.7. The molecule has 9 nitrogen and oxygen atoms in total. The summed E-state index contributed by atoms with van der Waals surface area (Å²) >= 11 is 0. The van der Waals surface area contributed by atoms with E-state index in [0.29, 0.717) is 62.8 Å². The quantitative estimate of drug-likeness (QED) is 0.360. The Kier molecular flexibility index (Phi) is 8.46. The lowest BCUT2D eigenvalue weighted by molar-refractivity contribution is -0.127. The number of anilines is 1. The second kappa shape index (κ2) is 12.6. The first-order valence-electron chi connectivity index (χ1n) is 15.1. The van der Waals surface area contributed by atoms with Gasteiger partial charge in [0.05, 0.1) is 33.0 Å². The van der Waals surface area contributed by atoms with E-state index in [9.17, 15) is 9.59 Å². The first-order chi connectivity index (χ1) is 20.5. The average molecular weight is 573 g/mol. The van der Waals surface area contributed by atoms with Gasteiger partial charge in [-0.05, 0) is 79.6 Å². The van der Waals surface area contributed by atoms with E-state index in [-0.39, 0.29) is 11.8 Å².